The van der Waals surface area contributed by atoms with Crippen LogP contribution >= 0.6 is 27.7 Å². The normalized spacial score (nSPS) is 18.6. The van der Waals surface area contributed by atoms with Crippen molar-refractivity contribution in [1.82, 2.24) is 20.2 Å². The van der Waals surface area contributed by atoms with Gasteiger partial charge in [-0.3, -0.25) is 0 Å². The molecule has 1 aromatic heterocycles. The van der Waals surface area contributed by atoms with Crippen LogP contribution in [-0.2, 0) is 17.0 Å². The van der Waals surface area contributed by atoms with E-state index < -0.39 is 0 Å². The summed E-state index contributed by atoms with van der Waals surface area (Å²) in [6.07, 6.45) is 2.47. The molecule has 1 atom stereocenters. The lowest BCUT2D eigenvalue weighted by Gasteiger charge is -2.10. The van der Waals surface area contributed by atoms with Crippen LogP contribution in [0.4, 0.5) is 0 Å². The zero-order valence-corrected chi connectivity index (χ0v) is 13.3. The average molecular weight is 355 g/mol. The van der Waals surface area contributed by atoms with Crippen LogP contribution in [0.3, 0.4) is 0 Å². The molecule has 2 aromatic rings. The summed E-state index contributed by atoms with van der Waals surface area (Å²) in [5.41, 5.74) is 1.24. The lowest BCUT2D eigenvalue weighted by molar-refractivity contribution is 0.0912. The van der Waals surface area contributed by atoms with E-state index in [4.69, 9.17) is 4.74 Å². The summed E-state index contributed by atoms with van der Waals surface area (Å²) in [5, 5.41) is 12.8. The molecule has 0 amide bonds. The zero-order valence-electron chi connectivity index (χ0n) is 10.9. The van der Waals surface area contributed by atoms with E-state index in [0.717, 1.165) is 41.4 Å². The smallest absolute Gasteiger partial charge is 0.209 e. The van der Waals surface area contributed by atoms with E-state index >= 15 is 0 Å². The van der Waals surface area contributed by atoms with Crippen molar-refractivity contribution in [3.63, 3.8) is 0 Å². The van der Waals surface area contributed by atoms with Gasteiger partial charge >= 0.3 is 0 Å². The molecule has 0 spiro atoms. The highest BCUT2D eigenvalue weighted by atomic mass is 79.9. The number of rotatable bonds is 5. The lowest BCUT2D eigenvalue weighted by Crippen LogP contribution is -2.16. The molecule has 2 heterocycles. The van der Waals surface area contributed by atoms with Crippen molar-refractivity contribution in [1.29, 1.82) is 0 Å². The van der Waals surface area contributed by atoms with Gasteiger partial charge in [-0.25, -0.2) is 4.68 Å². The Morgan fingerprint density at radius 1 is 1.40 bits per heavy atom. The molecule has 7 heteroatoms. The highest BCUT2D eigenvalue weighted by Crippen LogP contribution is 2.25. The van der Waals surface area contributed by atoms with Crippen LogP contribution in [0.1, 0.15) is 18.4 Å². The van der Waals surface area contributed by atoms with E-state index in [9.17, 15) is 0 Å². The number of benzene rings is 1. The average Bonchev–Trinajstić information content (AvgIpc) is 3.10. The van der Waals surface area contributed by atoms with Crippen molar-refractivity contribution in [3.05, 3.63) is 34.3 Å². The fraction of sp³-hybridized carbons (Fsp3) is 0.462. The second kappa shape index (κ2) is 6.69. The maximum Gasteiger partial charge on any atom is 0.209 e. The quantitative estimate of drug-likeness (QED) is 0.772. The van der Waals surface area contributed by atoms with Gasteiger partial charge in [0, 0.05) is 16.8 Å². The van der Waals surface area contributed by atoms with Gasteiger partial charge < -0.3 is 4.74 Å². The van der Waals surface area contributed by atoms with E-state index in [1.54, 1.807) is 11.8 Å². The molecule has 0 radical (unpaired) electrons. The van der Waals surface area contributed by atoms with E-state index in [-0.39, 0.29) is 6.10 Å². The van der Waals surface area contributed by atoms with E-state index in [0.29, 0.717) is 0 Å². The second-order valence-electron chi connectivity index (χ2n) is 4.66. The summed E-state index contributed by atoms with van der Waals surface area (Å²) in [5.74, 6) is 0.841. The van der Waals surface area contributed by atoms with Gasteiger partial charge in [0.05, 0.1) is 12.6 Å². The van der Waals surface area contributed by atoms with E-state index in [1.807, 2.05) is 22.9 Å². The number of aromatic nitrogens is 4. The van der Waals surface area contributed by atoms with Crippen molar-refractivity contribution >= 4 is 27.7 Å². The molecule has 1 fully saturated rings. The zero-order chi connectivity index (χ0) is 13.8. The number of tetrazole rings is 1. The molecule has 5 nitrogen and oxygen atoms in total. The number of thioether (sulfide) groups is 1. The minimum atomic E-state index is 0.251. The Bertz CT molecular complexity index is 571. The molecule has 1 saturated heterocycles. The van der Waals surface area contributed by atoms with Gasteiger partial charge in [-0.15, -0.1) is 5.10 Å². The van der Waals surface area contributed by atoms with E-state index in [1.165, 1.54) is 5.56 Å². The molecule has 3 rings (SSSR count). The minimum Gasteiger partial charge on any atom is -0.376 e. The van der Waals surface area contributed by atoms with Gasteiger partial charge in [0.1, 0.15) is 0 Å². The fourth-order valence-corrected chi connectivity index (χ4v) is 3.65. The molecule has 1 aliphatic heterocycles. The molecule has 1 unspecified atom stereocenters. The third-order valence-corrected chi connectivity index (χ3v) is 4.99. The summed E-state index contributed by atoms with van der Waals surface area (Å²) in [4.78, 5) is 0. The van der Waals surface area contributed by atoms with Gasteiger partial charge in [0.15, 0.2) is 0 Å². The Morgan fingerprint density at radius 2 is 2.30 bits per heavy atom. The first-order chi connectivity index (χ1) is 9.83. The minimum absolute atomic E-state index is 0.251. The molecule has 0 N–H and O–H groups in total. The Balaban J connectivity index is 1.63. The maximum absolute atomic E-state index is 5.63. The van der Waals surface area contributed by atoms with Crippen LogP contribution in [-0.4, -0.2) is 32.9 Å². The van der Waals surface area contributed by atoms with Crippen LogP contribution in [0.15, 0.2) is 33.9 Å². The predicted molar refractivity (Wildman–Crippen MR) is 80.5 cm³/mol. The standard InChI is InChI=1S/C13H15BrN4OS/c14-12-6-2-1-4-10(12)9-20-13-15-16-17-18(13)8-11-5-3-7-19-11/h1-2,4,6,11H,3,5,7-9H2. The van der Waals surface area contributed by atoms with Crippen LogP contribution in [0, 0.1) is 0 Å². The van der Waals surface area contributed by atoms with Gasteiger partial charge in [-0.05, 0) is 34.9 Å². The molecule has 0 saturated carbocycles. The summed E-state index contributed by atoms with van der Waals surface area (Å²) in [7, 11) is 0. The molecule has 0 aliphatic carbocycles. The molecule has 0 bridgehead atoms. The Morgan fingerprint density at radius 3 is 3.10 bits per heavy atom. The fourth-order valence-electron chi connectivity index (χ4n) is 2.15. The number of hydrogen-bond donors (Lipinski definition) is 0. The first-order valence-corrected chi connectivity index (χ1v) is 8.35. The van der Waals surface area contributed by atoms with Gasteiger partial charge in [0.25, 0.3) is 0 Å². The van der Waals surface area contributed by atoms with Crippen molar-refractivity contribution in [2.24, 2.45) is 0 Å². The van der Waals surface area contributed by atoms with Crippen LogP contribution in [0.2, 0.25) is 0 Å². The van der Waals surface area contributed by atoms with Gasteiger partial charge in [-0.2, -0.15) is 0 Å². The number of halogens is 1. The maximum atomic E-state index is 5.63. The topological polar surface area (TPSA) is 52.8 Å². The van der Waals surface area contributed by atoms with Crippen LogP contribution in [0.5, 0.6) is 0 Å². The third kappa shape index (κ3) is 3.39. The van der Waals surface area contributed by atoms with Crippen LogP contribution < -0.4 is 0 Å². The van der Waals surface area contributed by atoms with Crippen molar-refractivity contribution in [2.45, 2.75) is 36.4 Å². The first kappa shape index (κ1) is 14.0. The largest absolute Gasteiger partial charge is 0.376 e. The highest BCUT2D eigenvalue weighted by Gasteiger charge is 2.18. The molecule has 106 valence electrons. The first-order valence-electron chi connectivity index (χ1n) is 6.57. The predicted octanol–water partition coefficient (Wildman–Crippen LogP) is 2.91. The highest BCUT2D eigenvalue weighted by molar-refractivity contribution is 9.10. The summed E-state index contributed by atoms with van der Waals surface area (Å²) in [6.45, 7) is 1.59. The summed E-state index contributed by atoms with van der Waals surface area (Å²) in [6, 6.07) is 8.20. The Kier molecular flexibility index (Phi) is 4.69. The Hall–Kier alpha value is -0.920. The van der Waals surface area contributed by atoms with Gasteiger partial charge in [-0.1, -0.05) is 45.9 Å². The van der Waals surface area contributed by atoms with Crippen molar-refractivity contribution in [2.75, 3.05) is 6.61 Å². The Labute approximate surface area is 130 Å². The molecule has 1 aliphatic rings. The third-order valence-electron chi connectivity index (χ3n) is 3.21. The second-order valence-corrected chi connectivity index (χ2v) is 6.46. The SMILES string of the molecule is Brc1ccccc1CSc1nnnn1CC1CCCO1. The molecular weight excluding hydrogens is 340 g/mol. The van der Waals surface area contributed by atoms with E-state index in [2.05, 4.69) is 37.5 Å². The molecule has 1 aromatic carbocycles. The van der Waals surface area contributed by atoms with Crippen molar-refractivity contribution < 1.29 is 4.74 Å². The summed E-state index contributed by atoms with van der Waals surface area (Å²) >= 11 is 5.20. The number of nitrogens with zero attached hydrogens (tertiary/aromatic N) is 4. The lowest BCUT2D eigenvalue weighted by atomic mass is 10.2. The molecular formula is C13H15BrN4OS. The number of hydrogen-bond acceptors (Lipinski definition) is 5. The van der Waals surface area contributed by atoms with Crippen molar-refractivity contribution in [3.8, 4) is 0 Å². The van der Waals surface area contributed by atoms with Crippen LogP contribution in [0.25, 0.3) is 0 Å². The number of ether oxygens (including phenoxy) is 1. The molecule has 20 heavy (non-hydrogen) atoms. The van der Waals surface area contributed by atoms with Gasteiger partial charge in [0.2, 0.25) is 5.16 Å². The summed E-state index contributed by atoms with van der Waals surface area (Å²) < 4.78 is 8.59. The monoisotopic (exact) mass is 354 g/mol.